The smallest absolute Gasteiger partial charge is 0.293 e. The quantitative estimate of drug-likeness (QED) is 0.498. The summed E-state index contributed by atoms with van der Waals surface area (Å²) < 4.78 is 0. The number of hydrogen-bond acceptors (Lipinski definition) is 6. The molecule has 0 radical (unpaired) electrons. The number of nitrogens with two attached hydrogens (primary N) is 1. The van der Waals surface area contributed by atoms with Gasteiger partial charge in [-0.3, -0.25) is 20.9 Å². The second-order valence-corrected chi connectivity index (χ2v) is 5.72. The summed E-state index contributed by atoms with van der Waals surface area (Å²) in [5, 5.41) is 11.0. The molecular formula is C12H18N4O2S. The number of rotatable bonds is 4. The summed E-state index contributed by atoms with van der Waals surface area (Å²) in [7, 11) is 0. The van der Waals surface area contributed by atoms with Crippen LogP contribution < -0.4 is 11.3 Å². The lowest BCUT2D eigenvalue weighted by Gasteiger charge is -2.19. The Kier molecular flexibility index (Phi) is 5.00. The normalized spacial score (nSPS) is 16.9. The van der Waals surface area contributed by atoms with E-state index in [4.69, 9.17) is 5.84 Å². The van der Waals surface area contributed by atoms with Crippen molar-refractivity contribution in [1.29, 1.82) is 0 Å². The lowest BCUT2D eigenvalue weighted by atomic mass is 10.1. The van der Waals surface area contributed by atoms with E-state index in [0.717, 1.165) is 31.0 Å². The average molecular weight is 282 g/mol. The lowest BCUT2D eigenvalue weighted by Crippen LogP contribution is -2.25. The molecule has 1 saturated heterocycles. The predicted octanol–water partition coefficient (Wildman–Crippen LogP) is 1.82. The largest absolute Gasteiger partial charge is 0.318 e. The van der Waals surface area contributed by atoms with Crippen LogP contribution in [0.3, 0.4) is 0 Å². The van der Waals surface area contributed by atoms with E-state index in [1.54, 1.807) is 12.1 Å². The molecule has 0 saturated carbocycles. The zero-order valence-electron chi connectivity index (χ0n) is 10.7. The molecule has 0 spiro atoms. The molecule has 6 nitrogen and oxygen atoms in total. The highest BCUT2D eigenvalue weighted by atomic mass is 32.2. The first-order valence-electron chi connectivity index (χ1n) is 6.25. The number of benzene rings is 1. The first-order valence-corrected chi connectivity index (χ1v) is 7.40. The second kappa shape index (κ2) is 6.74. The molecule has 0 unspecified atom stereocenters. The molecule has 1 aromatic rings. The van der Waals surface area contributed by atoms with Gasteiger partial charge >= 0.3 is 0 Å². The van der Waals surface area contributed by atoms with Crippen LogP contribution >= 0.6 is 11.8 Å². The summed E-state index contributed by atoms with van der Waals surface area (Å²) in [6.45, 7) is 2.85. The van der Waals surface area contributed by atoms with Crippen LogP contribution in [0.15, 0.2) is 18.2 Å². The molecule has 0 aromatic heterocycles. The maximum absolute atomic E-state index is 11.0. The first kappa shape index (κ1) is 14.1. The summed E-state index contributed by atoms with van der Waals surface area (Å²) in [5.74, 6) is 7.61. The maximum Gasteiger partial charge on any atom is 0.293 e. The zero-order chi connectivity index (χ0) is 13.7. The molecule has 0 atom stereocenters. The van der Waals surface area contributed by atoms with Crippen molar-refractivity contribution in [2.45, 2.75) is 13.0 Å². The number of nitrogen functional groups attached to an aromatic ring is 1. The van der Waals surface area contributed by atoms with Crippen LogP contribution in [0.2, 0.25) is 0 Å². The van der Waals surface area contributed by atoms with Crippen molar-refractivity contribution in [3.05, 3.63) is 33.9 Å². The van der Waals surface area contributed by atoms with Crippen molar-refractivity contribution in [3.63, 3.8) is 0 Å². The second-order valence-electron chi connectivity index (χ2n) is 4.50. The van der Waals surface area contributed by atoms with Crippen molar-refractivity contribution in [1.82, 2.24) is 4.90 Å². The van der Waals surface area contributed by atoms with Crippen molar-refractivity contribution < 1.29 is 4.92 Å². The minimum Gasteiger partial charge on any atom is -0.318 e. The third-order valence-electron chi connectivity index (χ3n) is 3.14. The SMILES string of the molecule is NNc1ccc(CN2CCCSCC2)cc1[N+](=O)[O-]. The molecule has 0 aliphatic carbocycles. The molecule has 1 fully saturated rings. The van der Waals surface area contributed by atoms with E-state index in [0.29, 0.717) is 5.69 Å². The highest BCUT2D eigenvalue weighted by Gasteiger charge is 2.16. The molecule has 19 heavy (non-hydrogen) atoms. The van der Waals surface area contributed by atoms with E-state index >= 15 is 0 Å². The monoisotopic (exact) mass is 282 g/mol. The van der Waals surface area contributed by atoms with Crippen LogP contribution in [0.1, 0.15) is 12.0 Å². The van der Waals surface area contributed by atoms with Crippen LogP contribution in [-0.4, -0.2) is 34.4 Å². The van der Waals surface area contributed by atoms with Crippen LogP contribution in [0.25, 0.3) is 0 Å². The molecule has 7 heteroatoms. The minimum atomic E-state index is -0.406. The molecule has 1 aliphatic rings. The van der Waals surface area contributed by atoms with Crippen molar-refractivity contribution in [2.75, 3.05) is 30.0 Å². The highest BCUT2D eigenvalue weighted by Crippen LogP contribution is 2.25. The summed E-state index contributed by atoms with van der Waals surface area (Å²) in [6.07, 6.45) is 1.18. The third-order valence-corrected chi connectivity index (χ3v) is 4.18. The van der Waals surface area contributed by atoms with Crippen LogP contribution in [0.4, 0.5) is 11.4 Å². The molecule has 1 aliphatic heterocycles. The van der Waals surface area contributed by atoms with Gasteiger partial charge in [0.1, 0.15) is 5.69 Å². The van der Waals surface area contributed by atoms with Gasteiger partial charge in [0.2, 0.25) is 0 Å². The minimum absolute atomic E-state index is 0.0317. The maximum atomic E-state index is 11.0. The Morgan fingerprint density at radius 1 is 1.42 bits per heavy atom. The van der Waals surface area contributed by atoms with E-state index in [-0.39, 0.29) is 5.69 Å². The van der Waals surface area contributed by atoms with E-state index in [2.05, 4.69) is 10.3 Å². The molecule has 1 aromatic carbocycles. The standard InChI is InChI=1S/C12H18N4O2S/c13-14-11-3-2-10(8-12(11)16(17)18)9-15-4-1-6-19-7-5-15/h2-3,8,14H,1,4-7,9,13H2. The van der Waals surface area contributed by atoms with Crippen LogP contribution in [0, 0.1) is 10.1 Å². The fourth-order valence-corrected chi connectivity index (χ4v) is 3.09. The Labute approximate surface area is 116 Å². The Morgan fingerprint density at radius 2 is 2.26 bits per heavy atom. The van der Waals surface area contributed by atoms with Gasteiger partial charge in [-0.15, -0.1) is 0 Å². The molecular weight excluding hydrogens is 264 g/mol. The summed E-state index contributed by atoms with van der Waals surface area (Å²) in [5.41, 5.74) is 3.69. The Morgan fingerprint density at radius 3 is 3.00 bits per heavy atom. The highest BCUT2D eigenvalue weighted by molar-refractivity contribution is 7.99. The Bertz CT molecular complexity index is 447. The van der Waals surface area contributed by atoms with Gasteiger partial charge in [-0.2, -0.15) is 11.8 Å². The fourth-order valence-electron chi connectivity index (χ4n) is 2.16. The van der Waals surface area contributed by atoms with Gasteiger partial charge in [0, 0.05) is 24.9 Å². The Hall–Kier alpha value is -1.31. The average Bonchev–Trinajstić information content (AvgIpc) is 2.67. The van der Waals surface area contributed by atoms with Gasteiger partial charge in [0.05, 0.1) is 4.92 Å². The van der Waals surface area contributed by atoms with Gasteiger partial charge in [0.25, 0.3) is 5.69 Å². The van der Waals surface area contributed by atoms with Gasteiger partial charge < -0.3 is 5.43 Å². The number of nitro groups is 1. The van der Waals surface area contributed by atoms with Gasteiger partial charge in [-0.25, -0.2) is 0 Å². The number of hydrazine groups is 1. The number of nitrogens with zero attached hydrogens (tertiary/aromatic N) is 2. The van der Waals surface area contributed by atoms with Crippen molar-refractivity contribution in [3.8, 4) is 0 Å². The summed E-state index contributed by atoms with van der Waals surface area (Å²) in [4.78, 5) is 12.9. The van der Waals surface area contributed by atoms with Gasteiger partial charge in [0.15, 0.2) is 0 Å². The van der Waals surface area contributed by atoms with Crippen LogP contribution in [0.5, 0.6) is 0 Å². The molecule has 0 bridgehead atoms. The van der Waals surface area contributed by atoms with Crippen LogP contribution in [-0.2, 0) is 6.54 Å². The summed E-state index contributed by atoms with van der Waals surface area (Å²) in [6, 6.07) is 5.16. The predicted molar refractivity (Wildman–Crippen MR) is 78.1 cm³/mol. The van der Waals surface area contributed by atoms with Crippen molar-refractivity contribution >= 4 is 23.1 Å². The number of nitrogens with one attached hydrogen (secondary N) is 1. The zero-order valence-corrected chi connectivity index (χ0v) is 11.5. The lowest BCUT2D eigenvalue weighted by molar-refractivity contribution is -0.384. The number of anilines is 1. The van der Waals surface area contributed by atoms with E-state index < -0.39 is 4.92 Å². The molecule has 2 rings (SSSR count). The number of nitro benzene ring substituents is 1. The third kappa shape index (κ3) is 3.82. The van der Waals surface area contributed by atoms with E-state index in [9.17, 15) is 10.1 Å². The first-order chi connectivity index (χ1) is 9.20. The van der Waals surface area contributed by atoms with Gasteiger partial charge in [-0.05, 0) is 30.3 Å². The molecule has 3 N–H and O–H groups in total. The Balaban J connectivity index is 2.11. The topological polar surface area (TPSA) is 84.4 Å². The molecule has 0 amide bonds. The number of hydrogen-bond donors (Lipinski definition) is 2. The van der Waals surface area contributed by atoms with E-state index in [1.807, 2.05) is 17.8 Å². The summed E-state index contributed by atoms with van der Waals surface area (Å²) >= 11 is 1.97. The van der Waals surface area contributed by atoms with Gasteiger partial charge in [-0.1, -0.05) is 6.07 Å². The van der Waals surface area contributed by atoms with E-state index in [1.165, 1.54) is 12.2 Å². The van der Waals surface area contributed by atoms with Crippen molar-refractivity contribution in [2.24, 2.45) is 5.84 Å². The molecule has 1 heterocycles. The molecule has 104 valence electrons. The fraction of sp³-hybridized carbons (Fsp3) is 0.500. The number of thioether (sulfide) groups is 1.